The predicted molar refractivity (Wildman–Crippen MR) is 84.6 cm³/mol. The molecule has 0 spiro atoms. The molecule has 0 unspecified atom stereocenters. The molecule has 3 rings (SSSR count). The Morgan fingerprint density at radius 1 is 1.04 bits per heavy atom. The summed E-state index contributed by atoms with van der Waals surface area (Å²) in [4.78, 5) is 15.8. The van der Waals surface area contributed by atoms with E-state index >= 15 is 0 Å². The summed E-state index contributed by atoms with van der Waals surface area (Å²) < 4.78 is 53.8. The van der Waals surface area contributed by atoms with Gasteiger partial charge < -0.3 is 4.57 Å². The summed E-state index contributed by atoms with van der Waals surface area (Å²) in [5.74, 6) is -2.54. The van der Waals surface area contributed by atoms with Gasteiger partial charge in [-0.25, -0.2) is 26.9 Å². The quantitative estimate of drug-likeness (QED) is 0.771. The first kappa shape index (κ1) is 16.8. The Kier molecular flexibility index (Phi) is 4.32. The predicted octanol–water partition coefficient (Wildman–Crippen LogP) is 2.27. The van der Waals surface area contributed by atoms with Crippen molar-refractivity contribution in [1.82, 2.24) is 14.3 Å². The number of aromatic nitrogens is 2. The van der Waals surface area contributed by atoms with Gasteiger partial charge in [0, 0.05) is 12.3 Å². The highest BCUT2D eigenvalue weighted by atomic mass is 32.2. The normalized spacial score (nSPS) is 11.3. The number of imidazole rings is 1. The third kappa shape index (κ3) is 3.72. The lowest BCUT2D eigenvalue weighted by molar-refractivity contribution is 0.0977. The van der Waals surface area contributed by atoms with Gasteiger partial charge in [0.1, 0.15) is 23.7 Å². The second-order valence-electron chi connectivity index (χ2n) is 5.04. The van der Waals surface area contributed by atoms with Gasteiger partial charge in [0.2, 0.25) is 0 Å². The molecule has 0 aliphatic carbocycles. The van der Waals surface area contributed by atoms with E-state index in [1.165, 1.54) is 35.0 Å². The molecule has 128 valence electrons. The molecule has 3 aromatic rings. The number of nitrogens with zero attached hydrogens (tertiary/aromatic N) is 2. The largest absolute Gasteiger partial charge is 0.305 e. The fourth-order valence-electron chi connectivity index (χ4n) is 2.10. The lowest BCUT2D eigenvalue weighted by Crippen LogP contribution is -2.30. The number of hydrogen-bond donors (Lipinski definition) is 1. The minimum absolute atomic E-state index is 0.0741. The summed E-state index contributed by atoms with van der Waals surface area (Å²) in [5.41, 5.74) is -0.112. The van der Waals surface area contributed by atoms with Crippen molar-refractivity contribution >= 4 is 15.9 Å². The van der Waals surface area contributed by atoms with Crippen LogP contribution in [0.3, 0.4) is 0 Å². The van der Waals surface area contributed by atoms with E-state index < -0.39 is 27.6 Å². The van der Waals surface area contributed by atoms with Crippen molar-refractivity contribution in [2.24, 2.45) is 0 Å². The molecule has 0 aliphatic heterocycles. The third-order valence-corrected chi connectivity index (χ3v) is 4.59. The average Bonchev–Trinajstić information content (AvgIpc) is 3.04. The van der Waals surface area contributed by atoms with Gasteiger partial charge in [-0.2, -0.15) is 0 Å². The molecule has 1 heterocycles. The minimum Gasteiger partial charge on any atom is -0.305 e. The van der Waals surface area contributed by atoms with E-state index in [0.717, 1.165) is 18.5 Å². The van der Waals surface area contributed by atoms with Crippen LogP contribution < -0.4 is 4.72 Å². The third-order valence-electron chi connectivity index (χ3n) is 3.24. The molecule has 0 atom stereocenters. The molecule has 25 heavy (non-hydrogen) atoms. The summed E-state index contributed by atoms with van der Waals surface area (Å²) in [6.45, 7) is 0. The van der Waals surface area contributed by atoms with Gasteiger partial charge in [0.25, 0.3) is 15.9 Å². The van der Waals surface area contributed by atoms with Gasteiger partial charge in [-0.1, -0.05) is 18.2 Å². The number of amides is 1. The van der Waals surface area contributed by atoms with Crippen LogP contribution in [0, 0.1) is 11.6 Å². The Hall–Kier alpha value is -3.07. The highest BCUT2D eigenvalue weighted by Crippen LogP contribution is 2.14. The van der Waals surface area contributed by atoms with E-state index in [9.17, 15) is 22.0 Å². The molecule has 1 N–H and O–H groups in total. The van der Waals surface area contributed by atoms with E-state index in [1.54, 1.807) is 6.07 Å². The molecular formula is C16H11F2N3O3S. The zero-order valence-corrected chi connectivity index (χ0v) is 13.4. The summed E-state index contributed by atoms with van der Waals surface area (Å²) in [5, 5.41) is 0. The van der Waals surface area contributed by atoms with E-state index in [4.69, 9.17) is 0 Å². The highest BCUT2D eigenvalue weighted by Gasteiger charge is 2.20. The fourth-order valence-corrected chi connectivity index (χ4v) is 3.08. The molecule has 0 bridgehead atoms. The van der Waals surface area contributed by atoms with Crippen LogP contribution in [-0.2, 0) is 10.0 Å². The zero-order chi connectivity index (χ0) is 18.0. The van der Waals surface area contributed by atoms with Crippen LogP contribution in [0.1, 0.15) is 10.5 Å². The van der Waals surface area contributed by atoms with Crippen molar-refractivity contribution in [3.63, 3.8) is 0 Å². The van der Waals surface area contributed by atoms with Crippen molar-refractivity contribution in [3.8, 4) is 5.69 Å². The lowest BCUT2D eigenvalue weighted by atomic mass is 10.3. The molecule has 0 saturated heterocycles. The van der Waals surface area contributed by atoms with Crippen molar-refractivity contribution < 1.29 is 22.0 Å². The Morgan fingerprint density at radius 2 is 1.68 bits per heavy atom. The molecule has 9 heteroatoms. The summed E-state index contributed by atoms with van der Waals surface area (Å²) in [7, 11) is -4.05. The number of hydrogen-bond acceptors (Lipinski definition) is 4. The maximum atomic E-state index is 13.3. The minimum atomic E-state index is -4.05. The van der Waals surface area contributed by atoms with E-state index in [0.29, 0.717) is 6.07 Å². The van der Waals surface area contributed by atoms with Crippen LogP contribution in [0.15, 0.2) is 66.0 Å². The molecule has 0 aliphatic rings. The maximum absolute atomic E-state index is 13.3. The maximum Gasteiger partial charge on any atom is 0.285 e. The number of sulfonamides is 1. The first-order valence-electron chi connectivity index (χ1n) is 6.98. The zero-order valence-electron chi connectivity index (χ0n) is 12.6. The molecule has 0 fully saturated rings. The van der Waals surface area contributed by atoms with Gasteiger partial charge in [0.05, 0.1) is 10.6 Å². The summed E-state index contributed by atoms with van der Waals surface area (Å²) >= 11 is 0. The van der Waals surface area contributed by atoms with Gasteiger partial charge in [0.15, 0.2) is 0 Å². The van der Waals surface area contributed by atoms with Crippen molar-refractivity contribution in [2.75, 3.05) is 0 Å². The topological polar surface area (TPSA) is 81.1 Å². The summed E-state index contributed by atoms with van der Waals surface area (Å²) in [6, 6.07) is 10.2. The molecule has 2 aromatic carbocycles. The van der Waals surface area contributed by atoms with Crippen LogP contribution in [-0.4, -0.2) is 23.9 Å². The summed E-state index contributed by atoms with van der Waals surface area (Å²) in [6.07, 6.45) is 2.32. The first-order chi connectivity index (χ1) is 11.8. The SMILES string of the molecule is O=C(NS(=O)(=O)c1ccccc1)c1cn(-c2cc(F)cc(F)c2)cn1. The molecule has 0 saturated carbocycles. The average molecular weight is 363 g/mol. The van der Waals surface area contributed by atoms with Crippen LogP contribution >= 0.6 is 0 Å². The molecule has 1 amide bonds. The number of halogens is 2. The highest BCUT2D eigenvalue weighted by molar-refractivity contribution is 7.90. The molecule has 6 nitrogen and oxygen atoms in total. The van der Waals surface area contributed by atoms with Gasteiger partial charge in [-0.15, -0.1) is 0 Å². The Morgan fingerprint density at radius 3 is 2.32 bits per heavy atom. The van der Waals surface area contributed by atoms with Crippen molar-refractivity contribution in [2.45, 2.75) is 4.90 Å². The number of nitrogens with one attached hydrogen (secondary N) is 1. The van der Waals surface area contributed by atoms with Gasteiger partial charge in [-0.05, 0) is 24.3 Å². The van der Waals surface area contributed by atoms with Crippen LogP contribution in [0.5, 0.6) is 0 Å². The van der Waals surface area contributed by atoms with Crippen molar-refractivity contribution in [3.05, 3.63) is 78.4 Å². The van der Waals surface area contributed by atoms with E-state index in [1.807, 2.05) is 4.72 Å². The fraction of sp³-hybridized carbons (Fsp3) is 0. The monoisotopic (exact) mass is 363 g/mol. The molecule has 1 aromatic heterocycles. The lowest BCUT2D eigenvalue weighted by Gasteiger charge is -2.05. The number of rotatable bonds is 4. The standard InChI is InChI=1S/C16H11F2N3O3S/c17-11-6-12(18)8-13(7-11)21-9-15(19-10-21)16(22)20-25(23,24)14-4-2-1-3-5-14/h1-10H,(H,20,22). The Labute approximate surface area is 141 Å². The van der Waals surface area contributed by atoms with E-state index in [-0.39, 0.29) is 16.3 Å². The van der Waals surface area contributed by atoms with Crippen molar-refractivity contribution in [1.29, 1.82) is 0 Å². The van der Waals surface area contributed by atoms with Gasteiger partial charge in [-0.3, -0.25) is 4.79 Å². The first-order valence-corrected chi connectivity index (χ1v) is 8.46. The van der Waals surface area contributed by atoms with Gasteiger partial charge >= 0.3 is 0 Å². The number of carbonyl (C=O) groups excluding carboxylic acids is 1. The number of carbonyl (C=O) groups is 1. The molecular weight excluding hydrogens is 352 g/mol. The smallest absolute Gasteiger partial charge is 0.285 e. The van der Waals surface area contributed by atoms with Crippen LogP contribution in [0.4, 0.5) is 8.78 Å². The molecule has 0 radical (unpaired) electrons. The Balaban J connectivity index is 1.84. The number of benzene rings is 2. The van der Waals surface area contributed by atoms with Crippen LogP contribution in [0.25, 0.3) is 5.69 Å². The second-order valence-corrected chi connectivity index (χ2v) is 6.72. The van der Waals surface area contributed by atoms with E-state index in [2.05, 4.69) is 4.98 Å². The second kappa shape index (κ2) is 6.44. The van der Waals surface area contributed by atoms with Crippen LogP contribution in [0.2, 0.25) is 0 Å². The Bertz CT molecular complexity index is 1010.